The molecule has 16 heavy (non-hydrogen) atoms. The van der Waals surface area contributed by atoms with Gasteiger partial charge in [0, 0.05) is 0 Å². The second kappa shape index (κ2) is 4.14. The van der Waals surface area contributed by atoms with Gasteiger partial charge in [-0.25, -0.2) is 0 Å². The van der Waals surface area contributed by atoms with Crippen LogP contribution in [0.4, 0.5) is 0 Å². The van der Waals surface area contributed by atoms with Crippen LogP contribution >= 0.6 is 11.6 Å². The zero-order valence-electron chi connectivity index (χ0n) is 9.36. The normalized spacial score (nSPS) is 10.5. The molecule has 0 aliphatic rings. The molecule has 0 saturated heterocycles. The van der Waals surface area contributed by atoms with Crippen LogP contribution in [-0.2, 0) is 0 Å². The number of hydrogen-bond acceptors (Lipinski definition) is 3. The highest BCUT2D eigenvalue weighted by atomic mass is 35.5. The van der Waals surface area contributed by atoms with Crippen LogP contribution in [0.1, 0.15) is 11.4 Å². The Morgan fingerprint density at radius 1 is 1.25 bits per heavy atom. The van der Waals surface area contributed by atoms with Crippen molar-refractivity contribution in [2.24, 2.45) is 0 Å². The van der Waals surface area contributed by atoms with Gasteiger partial charge in [-0.1, -0.05) is 0 Å². The van der Waals surface area contributed by atoms with Crippen LogP contribution in [-0.4, -0.2) is 21.9 Å². The van der Waals surface area contributed by atoms with Crippen LogP contribution in [0.15, 0.2) is 18.2 Å². The summed E-state index contributed by atoms with van der Waals surface area (Å²) in [5.74, 6) is 1.58. The van der Waals surface area contributed by atoms with Crippen molar-refractivity contribution in [3.05, 3.63) is 34.9 Å². The predicted molar refractivity (Wildman–Crippen MR) is 62.4 cm³/mol. The number of aromatic nitrogens is 3. The Labute approximate surface area is 98.8 Å². The van der Waals surface area contributed by atoms with Crippen molar-refractivity contribution < 1.29 is 4.74 Å². The van der Waals surface area contributed by atoms with Crippen LogP contribution in [0.2, 0.25) is 5.28 Å². The Balaban J connectivity index is 2.57. The van der Waals surface area contributed by atoms with Gasteiger partial charge < -0.3 is 4.74 Å². The van der Waals surface area contributed by atoms with Gasteiger partial charge in [0.25, 0.3) is 0 Å². The minimum absolute atomic E-state index is 0.366. The smallest absolute Gasteiger partial charge is 0.229 e. The second-order valence-electron chi connectivity index (χ2n) is 3.50. The van der Waals surface area contributed by atoms with E-state index in [4.69, 9.17) is 16.3 Å². The molecule has 0 bridgehead atoms. The van der Waals surface area contributed by atoms with Gasteiger partial charge in [-0.3, -0.25) is 4.57 Å². The van der Waals surface area contributed by atoms with Gasteiger partial charge >= 0.3 is 0 Å². The van der Waals surface area contributed by atoms with Crippen LogP contribution in [0.25, 0.3) is 5.69 Å². The number of ether oxygens (including phenoxy) is 1. The molecule has 0 saturated carbocycles. The highest BCUT2D eigenvalue weighted by Crippen LogP contribution is 2.23. The van der Waals surface area contributed by atoms with E-state index >= 15 is 0 Å². The lowest BCUT2D eigenvalue weighted by molar-refractivity contribution is 0.414. The van der Waals surface area contributed by atoms with E-state index in [1.54, 1.807) is 11.7 Å². The molecule has 4 nitrogen and oxygen atoms in total. The molecule has 0 fully saturated rings. The molecule has 2 aromatic rings. The molecule has 0 radical (unpaired) electrons. The lowest BCUT2D eigenvalue weighted by Crippen LogP contribution is -2.00. The van der Waals surface area contributed by atoms with Gasteiger partial charge in [0.2, 0.25) is 5.28 Å². The van der Waals surface area contributed by atoms with E-state index in [1.807, 2.05) is 32.0 Å². The summed E-state index contributed by atoms with van der Waals surface area (Å²) in [6.45, 7) is 3.86. The van der Waals surface area contributed by atoms with Crippen molar-refractivity contribution in [2.45, 2.75) is 13.8 Å². The summed E-state index contributed by atoms with van der Waals surface area (Å²) < 4.78 is 6.96. The SMILES string of the molecule is COc1ccc(-n2c(C)nnc2Cl)c(C)c1. The van der Waals surface area contributed by atoms with Crippen molar-refractivity contribution in [1.82, 2.24) is 14.8 Å². The van der Waals surface area contributed by atoms with Crippen LogP contribution < -0.4 is 4.74 Å². The Morgan fingerprint density at radius 3 is 2.50 bits per heavy atom. The Kier molecular flexibility index (Phi) is 2.83. The van der Waals surface area contributed by atoms with Gasteiger partial charge in [-0.05, 0) is 49.2 Å². The molecule has 2 rings (SSSR count). The fraction of sp³-hybridized carbons (Fsp3) is 0.273. The van der Waals surface area contributed by atoms with Gasteiger partial charge in [0.05, 0.1) is 12.8 Å². The molecule has 0 aliphatic carbocycles. The zero-order valence-corrected chi connectivity index (χ0v) is 10.1. The third-order valence-corrected chi connectivity index (χ3v) is 2.67. The third-order valence-electron chi connectivity index (χ3n) is 2.43. The average molecular weight is 238 g/mol. The Bertz CT molecular complexity index is 502. The standard InChI is InChI=1S/C11H12ClN3O/c1-7-6-9(16-3)4-5-10(7)15-8(2)13-14-11(15)12/h4-6H,1-3H3. The van der Waals surface area contributed by atoms with E-state index in [-0.39, 0.29) is 0 Å². The maximum atomic E-state index is 5.98. The van der Waals surface area contributed by atoms with E-state index < -0.39 is 0 Å². The van der Waals surface area contributed by atoms with E-state index in [1.165, 1.54) is 0 Å². The molecule has 1 aromatic carbocycles. The number of methoxy groups -OCH3 is 1. The second-order valence-corrected chi connectivity index (χ2v) is 3.84. The van der Waals surface area contributed by atoms with E-state index in [9.17, 15) is 0 Å². The highest BCUT2D eigenvalue weighted by molar-refractivity contribution is 6.28. The van der Waals surface area contributed by atoms with Gasteiger partial charge in [0.15, 0.2) is 0 Å². The molecule has 0 unspecified atom stereocenters. The Morgan fingerprint density at radius 2 is 2.00 bits per heavy atom. The minimum Gasteiger partial charge on any atom is -0.497 e. The number of hydrogen-bond donors (Lipinski definition) is 0. The first-order chi connectivity index (χ1) is 7.63. The third kappa shape index (κ3) is 1.76. The maximum absolute atomic E-state index is 5.98. The van der Waals surface area contributed by atoms with Crippen LogP contribution in [0.5, 0.6) is 5.75 Å². The number of rotatable bonds is 2. The number of aryl methyl sites for hydroxylation is 2. The summed E-state index contributed by atoms with van der Waals surface area (Å²) in [5.41, 5.74) is 2.03. The molecule has 84 valence electrons. The fourth-order valence-corrected chi connectivity index (χ4v) is 1.87. The number of nitrogens with zero attached hydrogens (tertiary/aromatic N) is 3. The van der Waals surface area contributed by atoms with Crippen molar-refractivity contribution in [3.63, 3.8) is 0 Å². The minimum atomic E-state index is 0.366. The van der Waals surface area contributed by atoms with Crippen molar-refractivity contribution >= 4 is 11.6 Å². The van der Waals surface area contributed by atoms with Crippen molar-refractivity contribution in [3.8, 4) is 11.4 Å². The first-order valence-corrected chi connectivity index (χ1v) is 5.24. The molecular weight excluding hydrogens is 226 g/mol. The van der Waals surface area contributed by atoms with E-state index in [0.29, 0.717) is 5.28 Å². The Hall–Kier alpha value is -1.55. The summed E-state index contributed by atoms with van der Waals surface area (Å²) in [6, 6.07) is 5.78. The first-order valence-electron chi connectivity index (χ1n) is 4.86. The van der Waals surface area contributed by atoms with Crippen LogP contribution in [0, 0.1) is 13.8 Å². The first kappa shape index (κ1) is 11.0. The van der Waals surface area contributed by atoms with Gasteiger partial charge in [-0.15, -0.1) is 10.2 Å². The van der Waals surface area contributed by atoms with E-state index in [0.717, 1.165) is 22.8 Å². The largest absolute Gasteiger partial charge is 0.497 e. The lowest BCUT2D eigenvalue weighted by atomic mass is 10.2. The quantitative estimate of drug-likeness (QED) is 0.806. The van der Waals surface area contributed by atoms with E-state index in [2.05, 4.69) is 10.2 Å². The van der Waals surface area contributed by atoms with Gasteiger partial charge in [0.1, 0.15) is 11.6 Å². The number of halogens is 1. The molecule has 0 spiro atoms. The summed E-state index contributed by atoms with van der Waals surface area (Å²) in [6.07, 6.45) is 0. The van der Waals surface area contributed by atoms with Crippen LogP contribution in [0.3, 0.4) is 0 Å². The summed E-state index contributed by atoms with van der Waals surface area (Å²) in [7, 11) is 1.64. The lowest BCUT2D eigenvalue weighted by Gasteiger charge is -2.10. The fourth-order valence-electron chi connectivity index (χ4n) is 1.62. The molecule has 1 heterocycles. The van der Waals surface area contributed by atoms with Crippen molar-refractivity contribution in [1.29, 1.82) is 0 Å². The summed E-state index contributed by atoms with van der Waals surface area (Å²) in [4.78, 5) is 0. The number of benzene rings is 1. The van der Waals surface area contributed by atoms with Gasteiger partial charge in [-0.2, -0.15) is 0 Å². The molecule has 5 heteroatoms. The molecule has 0 aliphatic heterocycles. The topological polar surface area (TPSA) is 39.9 Å². The monoisotopic (exact) mass is 237 g/mol. The highest BCUT2D eigenvalue weighted by Gasteiger charge is 2.10. The molecular formula is C11H12ClN3O. The molecule has 0 amide bonds. The maximum Gasteiger partial charge on any atom is 0.229 e. The van der Waals surface area contributed by atoms with Crippen molar-refractivity contribution in [2.75, 3.05) is 7.11 Å². The summed E-state index contributed by atoms with van der Waals surface area (Å²) in [5, 5.41) is 8.12. The molecule has 1 aromatic heterocycles. The predicted octanol–water partition coefficient (Wildman–Crippen LogP) is 2.55. The average Bonchev–Trinajstić information content (AvgIpc) is 2.59. The zero-order chi connectivity index (χ0) is 11.7. The molecule has 0 N–H and O–H groups in total. The molecule has 0 atom stereocenters. The summed E-state index contributed by atoms with van der Waals surface area (Å²) >= 11 is 5.98.